The highest BCUT2D eigenvalue weighted by Crippen LogP contribution is 2.37. The van der Waals surface area contributed by atoms with Gasteiger partial charge in [0.05, 0.1) is 29.6 Å². The third-order valence-electron chi connectivity index (χ3n) is 3.33. The van der Waals surface area contributed by atoms with Gasteiger partial charge < -0.3 is 15.4 Å². The number of pyridine rings is 1. The fourth-order valence-corrected chi connectivity index (χ4v) is 2.18. The highest BCUT2D eigenvalue weighted by molar-refractivity contribution is 5.90. The lowest BCUT2D eigenvalue weighted by Gasteiger charge is -2.18. The number of aromatic nitrogens is 1. The highest BCUT2D eigenvalue weighted by atomic mass is 19.4. The minimum atomic E-state index is -4.62. The van der Waals surface area contributed by atoms with Gasteiger partial charge in [0.1, 0.15) is 5.75 Å². The lowest BCUT2D eigenvalue weighted by Crippen LogP contribution is -2.32. The monoisotopic (exact) mass is 353 g/mol. The van der Waals surface area contributed by atoms with E-state index in [1.807, 2.05) is 0 Å². The summed E-state index contributed by atoms with van der Waals surface area (Å²) in [5, 5.41) is 4.79. The molecule has 0 aliphatic carbocycles. The second-order valence-electron chi connectivity index (χ2n) is 5.21. The molecule has 0 fully saturated rings. The SMILES string of the molecule is CCOc1ccc(NC(=O)NC(C)c2ccccn2)c(C(F)(F)F)c1. The number of urea groups is 1. The molecule has 1 unspecified atom stereocenters. The van der Waals surface area contributed by atoms with Crippen molar-refractivity contribution in [2.75, 3.05) is 11.9 Å². The van der Waals surface area contributed by atoms with Crippen LogP contribution < -0.4 is 15.4 Å². The molecule has 0 spiro atoms. The van der Waals surface area contributed by atoms with Crippen LogP contribution in [0.4, 0.5) is 23.7 Å². The number of carbonyl (C=O) groups is 1. The van der Waals surface area contributed by atoms with Gasteiger partial charge in [-0.15, -0.1) is 0 Å². The molecule has 0 saturated carbocycles. The summed E-state index contributed by atoms with van der Waals surface area (Å²) in [4.78, 5) is 16.1. The molecule has 8 heteroatoms. The van der Waals surface area contributed by atoms with Crippen molar-refractivity contribution in [3.8, 4) is 5.75 Å². The van der Waals surface area contributed by atoms with Gasteiger partial charge in [0.15, 0.2) is 0 Å². The van der Waals surface area contributed by atoms with Gasteiger partial charge in [-0.1, -0.05) is 6.07 Å². The number of benzene rings is 1. The number of nitrogens with zero attached hydrogens (tertiary/aromatic N) is 1. The molecule has 5 nitrogen and oxygen atoms in total. The molecule has 25 heavy (non-hydrogen) atoms. The van der Waals surface area contributed by atoms with Crippen molar-refractivity contribution < 1.29 is 22.7 Å². The summed E-state index contributed by atoms with van der Waals surface area (Å²) in [6.07, 6.45) is -3.05. The number of alkyl halides is 3. The average Bonchev–Trinajstić information content (AvgIpc) is 2.56. The molecular weight excluding hydrogens is 335 g/mol. The van der Waals surface area contributed by atoms with Gasteiger partial charge in [-0.05, 0) is 44.2 Å². The number of hydrogen-bond donors (Lipinski definition) is 2. The number of rotatable bonds is 5. The maximum absolute atomic E-state index is 13.2. The summed E-state index contributed by atoms with van der Waals surface area (Å²) >= 11 is 0. The van der Waals surface area contributed by atoms with E-state index in [0.717, 1.165) is 6.07 Å². The number of amides is 2. The summed E-state index contributed by atoms with van der Waals surface area (Å²) in [5.74, 6) is 0.0858. The predicted molar refractivity (Wildman–Crippen MR) is 87.4 cm³/mol. The topological polar surface area (TPSA) is 63.2 Å². The first-order valence-corrected chi connectivity index (χ1v) is 7.63. The van der Waals surface area contributed by atoms with Gasteiger partial charge in [-0.25, -0.2) is 4.79 Å². The van der Waals surface area contributed by atoms with Crippen LogP contribution in [0, 0.1) is 0 Å². The van der Waals surface area contributed by atoms with Gasteiger partial charge in [0.25, 0.3) is 0 Å². The van der Waals surface area contributed by atoms with Crippen LogP contribution in [0.2, 0.25) is 0 Å². The third kappa shape index (κ3) is 5.10. The molecule has 0 aliphatic rings. The first kappa shape index (κ1) is 18.6. The summed E-state index contributed by atoms with van der Waals surface area (Å²) in [6.45, 7) is 3.60. The lowest BCUT2D eigenvalue weighted by molar-refractivity contribution is -0.137. The fraction of sp³-hybridized carbons (Fsp3) is 0.294. The largest absolute Gasteiger partial charge is 0.494 e. The minimum absolute atomic E-state index is 0.0858. The summed E-state index contributed by atoms with van der Waals surface area (Å²) in [7, 11) is 0. The maximum atomic E-state index is 13.2. The second-order valence-corrected chi connectivity index (χ2v) is 5.21. The molecule has 2 aromatic rings. The number of hydrogen-bond acceptors (Lipinski definition) is 3. The van der Waals surface area contributed by atoms with Crippen LogP contribution in [0.15, 0.2) is 42.6 Å². The molecule has 1 aromatic carbocycles. The minimum Gasteiger partial charge on any atom is -0.494 e. The van der Waals surface area contributed by atoms with Crippen molar-refractivity contribution in [3.63, 3.8) is 0 Å². The molecule has 134 valence electrons. The maximum Gasteiger partial charge on any atom is 0.418 e. The molecule has 1 heterocycles. The Morgan fingerprint density at radius 3 is 2.64 bits per heavy atom. The number of halogens is 3. The Hall–Kier alpha value is -2.77. The van der Waals surface area contributed by atoms with E-state index in [2.05, 4.69) is 15.6 Å². The molecule has 2 rings (SSSR count). The van der Waals surface area contributed by atoms with Crippen molar-refractivity contribution in [1.82, 2.24) is 10.3 Å². The van der Waals surface area contributed by atoms with E-state index in [4.69, 9.17) is 4.74 Å². The quantitative estimate of drug-likeness (QED) is 0.838. The molecule has 0 aliphatic heterocycles. The molecule has 2 amide bonds. The van der Waals surface area contributed by atoms with E-state index in [9.17, 15) is 18.0 Å². The Morgan fingerprint density at radius 1 is 1.28 bits per heavy atom. The van der Waals surface area contributed by atoms with Crippen LogP contribution in [0.3, 0.4) is 0 Å². The molecule has 0 radical (unpaired) electrons. The van der Waals surface area contributed by atoms with E-state index in [1.165, 1.54) is 12.1 Å². The highest BCUT2D eigenvalue weighted by Gasteiger charge is 2.34. The first-order chi connectivity index (χ1) is 11.8. The summed E-state index contributed by atoms with van der Waals surface area (Å²) in [5.41, 5.74) is -0.721. The molecule has 2 N–H and O–H groups in total. The van der Waals surface area contributed by atoms with Crippen molar-refractivity contribution in [1.29, 1.82) is 0 Å². The normalized spacial score (nSPS) is 12.4. The van der Waals surface area contributed by atoms with E-state index >= 15 is 0 Å². The van der Waals surface area contributed by atoms with Gasteiger partial charge in [0.2, 0.25) is 0 Å². The third-order valence-corrected chi connectivity index (χ3v) is 3.33. The number of carbonyl (C=O) groups excluding carboxylic acids is 1. The fourth-order valence-electron chi connectivity index (χ4n) is 2.18. The smallest absolute Gasteiger partial charge is 0.418 e. The number of nitrogens with one attached hydrogen (secondary N) is 2. The first-order valence-electron chi connectivity index (χ1n) is 7.63. The Balaban J connectivity index is 2.14. The second kappa shape index (κ2) is 7.87. The summed E-state index contributed by atoms with van der Waals surface area (Å²) in [6, 6.07) is 7.38. The Morgan fingerprint density at radius 2 is 2.04 bits per heavy atom. The molecular formula is C17H18F3N3O2. The molecule has 0 saturated heterocycles. The molecule has 0 bridgehead atoms. The van der Waals surface area contributed by atoms with Crippen molar-refractivity contribution in [2.24, 2.45) is 0 Å². The van der Waals surface area contributed by atoms with Crippen LogP contribution in [-0.2, 0) is 6.18 Å². The number of ether oxygens (including phenoxy) is 1. The van der Waals surface area contributed by atoms with Crippen molar-refractivity contribution >= 4 is 11.7 Å². The van der Waals surface area contributed by atoms with Gasteiger partial charge in [-0.3, -0.25) is 4.98 Å². The van der Waals surface area contributed by atoms with Gasteiger partial charge in [0, 0.05) is 6.20 Å². The van der Waals surface area contributed by atoms with Crippen LogP contribution in [-0.4, -0.2) is 17.6 Å². The number of anilines is 1. The molecule has 1 aromatic heterocycles. The zero-order valence-corrected chi connectivity index (χ0v) is 13.7. The summed E-state index contributed by atoms with van der Waals surface area (Å²) < 4.78 is 44.7. The molecule has 1 atom stereocenters. The predicted octanol–water partition coefficient (Wildman–Crippen LogP) is 4.38. The van der Waals surface area contributed by atoms with Crippen LogP contribution in [0.1, 0.15) is 31.1 Å². The zero-order chi connectivity index (χ0) is 18.4. The van der Waals surface area contributed by atoms with E-state index < -0.39 is 23.8 Å². The van der Waals surface area contributed by atoms with Crippen molar-refractivity contribution in [2.45, 2.75) is 26.1 Å². The Kier molecular flexibility index (Phi) is 5.84. The van der Waals surface area contributed by atoms with Crippen LogP contribution in [0.5, 0.6) is 5.75 Å². The Labute approximate surface area is 143 Å². The van der Waals surface area contributed by atoms with Crippen LogP contribution in [0.25, 0.3) is 0 Å². The lowest BCUT2D eigenvalue weighted by atomic mass is 10.1. The average molecular weight is 353 g/mol. The van der Waals surface area contributed by atoms with E-state index in [1.54, 1.807) is 38.2 Å². The van der Waals surface area contributed by atoms with E-state index in [0.29, 0.717) is 5.69 Å². The van der Waals surface area contributed by atoms with E-state index in [-0.39, 0.29) is 18.0 Å². The van der Waals surface area contributed by atoms with Gasteiger partial charge >= 0.3 is 12.2 Å². The zero-order valence-electron chi connectivity index (χ0n) is 13.7. The van der Waals surface area contributed by atoms with Crippen molar-refractivity contribution in [3.05, 3.63) is 53.9 Å². The van der Waals surface area contributed by atoms with Gasteiger partial charge in [-0.2, -0.15) is 13.2 Å². The van der Waals surface area contributed by atoms with Crippen LogP contribution >= 0.6 is 0 Å². The Bertz CT molecular complexity index is 721. The standard InChI is InChI=1S/C17H18F3N3O2/c1-3-25-12-7-8-15(13(10-12)17(18,19)20)23-16(24)22-11(2)14-6-4-5-9-21-14/h4-11H,3H2,1-2H3,(H2,22,23,24).